The molecule has 2 aromatic rings. The number of rotatable bonds is 4. The third-order valence-electron chi connectivity index (χ3n) is 7.40. The van der Waals surface area contributed by atoms with E-state index in [2.05, 4.69) is 10.6 Å². The molecule has 2 amide bonds. The second-order valence-corrected chi connectivity index (χ2v) is 9.16. The van der Waals surface area contributed by atoms with Gasteiger partial charge in [-0.05, 0) is 62.4 Å². The van der Waals surface area contributed by atoms with Crippen LogP contribution in [-0.2, 0) is 11.2 Å². The van der Waals surface area contributed by atoms with Crippen LogP contribution < -0.4 is 15.4 Å². The fraction of sp³-hybridized carbons (Fsp3) is 0.462. The molecule has 0 aliphatic carbocycles. The zero-order chi connectivity index (χ0) is 22.2. The van der Waals surface area contributed by atoms with E-state index in [4.69, 9.17) is 4.74 Å². The molecule has 2 aromatic carbocycles. The smallest absolute Gasteiger partial charge is 0.252 e. The van der Waals surface area contributed by atoms with E-state index in [1.165, 1.54) is 0 Å². The molecule has 0 aromatic heterocycles. The van der Waals surface area contributed by atoms with Crippen LogP contribution in [0.15, 0.2) is 42.5 Å². The first kappa shape index (κ1) is 21.0. The molecular formula is C26H31N3O3. The number of benzene rings is 2. The minimum atomic E-state index is -0.112. The topological polar surface area (TPSA) is 70.7 Å². The standard InChI is InChI=1S/C26H31N3O3/c1-16(17-7-4-3-5-8-17)28-25(30)20-10-11-23(32-2)19-12-14-29-22(24(19)20)15-21-18(26(29)31)9-6-13-27-21/h3-5,7-8,10-11,16,18,21-22,27H,6,9,12-15H2,1-2H3,(H,28,30)/t16?,18-,21-,22+/m0/s1. The summed E-state index contributed by atoms with van der Waals surface area (Å²) in [5.41, 5.74) is 3.75. The van der Waals surface area contributed by atoms with Crippen LogP contribution >= 0.6 is 0 Å². The monoisotopic (exact) mass is 433 g/mol. The maximum absolute atomic E-state index is 13.5. The summed E-state index contributed by atoms with van der Waals surface area (Å²) < 4.78 is 5.66. The molecule has 2 saturated heterocycles. The molecule has 1 unspecified atom stereocenters. The average molecular weight is 434 g/mol. The van der Waals surface area contributed by atoms with Crippen molar-refractivity contribution in [1.82, 2.24) is 15.5 Å². The second-order valence-electron chi connectivity index (χ2n) is 9.16. The summed E-state index contributed by atoms with van der Waals surface area (Å²) in [6.45, 7) is 3.63. The number of methoxy groups -OCH3 is 1. The van der Waals surface area contributed by atoms with Crippen LogP contribution in [0.2, 0.25) is 0 Å². The Labute approximate surface area is 189 Å². The summed E-state index contributed by atoms with van der Waals surface area (Å²) in [6, 6.07) is 13.7. The highest BCUT2D eigenvalue weighted by molar-refractivity contribution is 5.97. The quantitative estimate of drug-likeness (QED) is 0.776. The van der Waals surface area contributed by atoms with Gasteiger partial charge >= 0.3 is 0 Å². The second kappa shape index (κ2) is 8.58. The molecule has 0 bridgehead atoms. The lowest BCUT2D eigenvalue weighted by atomic mass is 9.75. The van der Waals surface area contributed by atoms with Crippen LogP contribution in [0, 0.1) is 5.92 Å². The van der Waals surface area contributed by atoms with Crippen molar-refractivity contribution in [3.63, 3.8) is 0 Å². The van der Waals surface area contributed by atoms with Gasteiger partial charge in [-0.2, -0.15) is 0 Å². The van der Waals surface area contributed by atoms with Gasteiger partial charge < -0.3 is 20.3 Å². The average Bonchev–Trinajstić information content (AvgIpc) is 2.83. The lowest BCUT2D eigenvalue weighted by Gasteiger charge is -2.49. The number of amides is 2. The van der Waals surface area contributed by atoms with Crippen molar-refractivity contribution in [2.75, 3.05) is 20.2 Å². The third-order valence-corrected chi connectivity index (χ3v) is 7.40. The fourth-order valence-electron chi connectivity index (χ4n) is 5.77. The maximum atomic E-state index is 13.5. The highest BCUT2D eigenvalue weighted by atomic mass is 16.5. The molecule has 32 heavy (non-hydrogen) atoms. The predicted octanol–water partition coefficient (Wildman–Crippen LogP) is 3.38. The zero-order valence-electron chi connectivity index (χ0n) is 18.8. The first-order chi connectivity index (χ1) is 15.6. The van der Waals surface area contributed by atoms with Gasteiger partial charge in [-0.15, -0.1) is 0 Å². The van der Waals surface area contributed by atoms with E-state index in [9.17, 15) is 9.59 Å². The van der Waals surface area contributed by atoms with Gasteiger partial charge in [-0.3, -0.25) is 9.59 Å². The number of ether oxygens (including phenoxy) is 1. The van der Waals surface area contributed by atoms with Crippen molar-refractivity contribution in [3.8, 4) is 5.75 Å². The SMILES string of the molecule is COc1ccc(C(=O)NC(C)c2ccccc2)c2c1CCN1C(=O)[C@H]3CCCN[C@H]3C[C@H]21. The first-order valence-electron chi connectivity index (χ1n) is 11.7. The molecule has 6 heteroatoms. The molecule has 4 atom stereocenters. The van der Waals surface area contributed by atoms with Gasteiger partial charge in [0.05, 0.1) is 25.1 Å². The highest BCUT2D eigenvalue weighted by Gasteiger charge is 2.46. The van der Waals surface area contributed by atoms with Crippen molar-refractivity contribution >= 4 is 11.8 Å². The molecule has 3 heterocycles. The Bertz CT molecular complexity index is 1020. The third kappa shape index (κ3) is 3.56. The summed E-state index contributed by atoms with van der Waals surface area (Å²) >= 11 is 0. The van der Waals surface area contributed by atoms with Crippen LogP contribution in [0.5, 0.6) is 5.75 Å². The van der Waals surface area contributed by atoms with Crippen molar-refractivity contribution in [1.29, 1.82) is 0 Å². The molecule has 6 nitrogen and oxygen atoms in total. The number of carbonyl (C=O) groups is 2. The Balaban J connectivity index is 1.51. The van der Waals surface area contributed by atoms with E-state index in [1.807, 2.05) is 54.3 Å². The van der Waals surface area contributed by atoms with Gasteiger partial charge in [0, 0.05) is 23.7 Å². The van der Waals surface area contributed by atoms with E-state index in [-0.39, 0.29) is 35.9 Å². The van der Waals surface area contributed by atoms with Gasteiger partial charge in [0.25, 0.3) is 5.91 Å². The summed E-state index contributed by atoms with van der Waals surface area (Å²) in [7, 11) is 1.67. The number of nitrogens with zero attached hydrogens (tertiary/aromatic N) is 1. The van der Waals surface area contributed by atoms with E-state index in [0.29, 0.717) is 18.5 Å². The van der Waals surface area contributed by atoms with Crippen LogP contribution in [0.25, 0.3) is 0 Å². The Morgan fingerprint density at radius 2 is 2.03 bits per heavy atom. The minimum Gasteiger partial charge on any atom is -0.496 e. The fourth-order valence-corrected chi connectivity index (χ4v) is 5.77. The minimum absolute atomic E-state index is 0.0579. The Kier molecular flexibility index (Phi) is 5.64. The summed E-state index contributed by atoms with van der Waals surface area (Å²) in [4.78, 5) is 28.8. The number of hydrogen-bond donors (Lipinski definition) is 2. The van der Waals surface area contributed by atoms with Crippen LogP contribution in [0.1, 0.15) is 65.3 Å². The van der Waals surface area contributed by atoms with Gasteiger partial charge in [0.2, 0.25) is 5.91 Å². The number of piperidine rings is 2. The molecule has 3 aliphatic rings. The molecule has 0 radical (unpaired) electrons. The highest BCUT2D eigenvalue weighted by Crippen LogP contribution is 2.45. The van der Waals surface area contributed by atoms with Crippen LogP contribution in [0.3, 0.4) is 0 Å². The molecule has 5 rings (SSSR count). The Morgan fingerprint density at radius 3 is 2.81 bits per heavy atom. The Morgan fingerprint density at radius 1 is 1.22 bits per heavy atom. The van der Waals surface area contributed by atoms with Crippen molar-refractivity contribution in [2.24, 2.45) is 5.92 Å². The maximum Gasteiger partial charge on any atom is 0.252 e. The molecule has 0 spiro atoms. The number of nitrogens with one attached hydrogen (secondary N) is 2. The van der Waals surface area contributed by atoms with Crippen molar-refractivity contribution in [2.45, 2.75) is 50.7 Å². The van der Waals surface area contributed by atoms with Crippen LogP contribution in [-0.4, -0.2) is 43.0 Å². The molecule has 2 N–H and O–H groups in total. The van der Waals surface area contributed by atoms with Gasteiger partial charge in [-0.1, -0.05) is 30.3 Å². The molecule has 0 saturated carbocycles. The number of hydrogen-bond acceptors (Lipinski definition) is 4. The summed E-state index contributed by atoms with van der Waals surface area (Å²) in [5.74, 6) is 0.991. The lowest BCUT2D eigenvalue weighted by Crippen LogP contribution is -2.58. The van der Waals surface area contributed by atoms with E-state index >= 15 is 0 Å². The van der Waals surface area contributed by atoms with E-state index < -0.39 is 0 Å². The Hall–Kier alpha value is -2.86. The van der Waals surface area contributed by atoms with Gasteiger partial charge in [0.15, 0.2) is 0 Å². The molecule has 2 fully saturated rings. The van der Waals surface area contributed by atoms with Gasteiger partial charge in [-0.25, -0.2) is 0 Å². The van der Waals surface area contributed by atoms with Crippen LogP contribution in [0.4, 0.5) is 0 Å². The number of fused-ring (bicyclic) bond motifs is 4. The number of carbonyl (C=O) groups excluding carboxylic acids is 2. The molecule has 168 valence electrons. The van der Waals surface area contributed by atoms with Crippen molar-refractivity contribution < 1.29 is 14.3 Å². The normalized spacial score (nSPS) is 25.2. The lowest BCUT2D eigenvalue weighted by molar-refractivity contribution is -0.145. The summed E-state index contributed by atoms with van der Waals surface area (Å²) in [5, 5.41) is 6.73. The van der Waals surface area contributed by atoms with E-state index in [1.54, 1.807) is 7.11 Å². The summed E-state index contributed by atoms with van der Waals surface area (Å²) in [6.07, 6.45) is 3.54. The predicted molar refractivity (Wildman–Crippen MR) is 123 cm³/mol. The van der Waals surface area contributed by atoms with Gasteiger partial charge in [0.1, 0.15) is 5.75 Å². The van der Waals surface area contributed by atoms with Crippen molar-refractivity contribution in [3.05, 3.63) is 64.7 Å². The first-order valence-corrected chi connectivity index (χ1v) is 11.7. The molecular weight excluding hydrogens is 402 g/mol. The van der Waals surface area contributed by atoms with E-state index in [0.717, 1.165) is 48.2 Å². The molecule has 3 aliphatic heterocycles. The largest absolute Gasteiger partial charge is 0.496 e. The zero-order valence-corrected chi connectivity index (χ0v) is 18.8.